The summed E-state index contributed by atoms with van der Waals surface area (Å²) in [7, 11) is 0. The molecule has 0 spiro atoms. The van der Waals surface area contributed by atoms with Crippen LogP contribution in [0.15, 0.2) is 0 Å². The summed E-state index contributed by atoms with van der Waals surface area (Å²) in [6.45, 7) is 8.78. The Morgan fingerprint density at radius 2 is 1.94 bits per heavy atom. The minimum absolute atomic E-state index is 0.315. The zero-order valence-corrected chi connectivity index (χ0v) is 12.2. The maximum absolute atomic E-state index is 9.90. The molecule has 0 amide bonds. The van der Waals surface area contributed by atoms with Gasteiger partial charge in [-0.1, -0.05) is 33.1 Å². The molecule has 1 saturated heterocycles. The number of rotatable bonds is 9. The predicted octanol–water partition coefficient (Wildman–Crippen LogP) is 2.68. The van der Waals surface area contributed by atoms with Gasteiger partial charge in [0.2, 0.25) is 0 Å². The van der Waals surface area contributed by atoms with Crippen LogP contribution in [0, 0.1) is 5.92 Å². The van der Waals surface area contributed by atoms with Crippen molar-refractivity contribution in [2.24, 2.45) is 5.92 Å². The summed E-state index contributed by atoms with van der Waals surface area (Å²) in [6.07, 6.45) is 7.21. The molecule has 1 rings (SSSR count). The zero-order chi connectivity index (χ0) is 13.2. The average Bonchev–Trinajstić information content (AvgIpc) is 2.37. The first-order valence-electron chi connectivity index (χ1n) is 7.74. The Balaban J connectivity index is 2.05. The number of likely N-dealkylation sites (tertiary alicyclic amines) is 1. The second-order valence-electron chi connectivity index (χ2n) is 5.61. The molecule has 0 aromatic heterocycles. The maximum atomic E-state index is 9.90. The highest BCUT2D eigenvalue weighted by atomic mass is 16.5. The summed E-state index contributed by atoms with van der Waals surface area (Å²) in [6, 6.07) is 0. The lowest BCUT2D eigenvalue weighted by Gasteiger charge is -2.33. The molecule has 0 radical (unpaired) electrons. The van der Waals surface area contributed by atoms with Gasteiger partial charge in [0.15, 0.2) is 0 Å². The van der Waals surface area contributed by atoms with Gasteiger partial charge in [-0.15, -0.1) is 0 Å². The van der Waals surface area contributed by atoms with Crippen LogP contribution in [-0.2, 0) is 4.74 Å². The summed E-state index contributed by atoms with van der Waals surface area (Å²) in [4.78, 5) is 2.39. The summed E-state index contributed by atoms with van der Waals surface area (Å²) >= 11 is 0. The van der Waals surface area contributed by atoms with Crippen LogP contribution in [0.4, 0.5) is 0 Å². The van der Waals surface area contributed by atoms with Gasteiger partial charge >= 0.3 is 0 Å². The van der Waals surface area contributed by atoms with Gasteiger partial charge in [0, 0.05) is 13.2 Å². The first-order valence-corrected chi connectivity index (χ1v) is 7.74. The van der Waals surface area contributed by atoms with Crippen molar-refractivity contribution in [2.45, 2.75) is 58.5 Å². The van der Waals surface area contributed by atoms with Gasteiger partial charge in [0.05, 0.1) is 12.7 Å². The van der Waals surface area contributed by atoms with Gasteiger partial charge in [-0.3, -0.25) is 0 Å². The maximum Gasteiger partial charge on any atom is 0.0900 e. The number of piperidine rings is 1. The minimum Gasteiger partial charge on any atom is -0.389 e. The van der Waals surface area contributed by atoms with Crippen LogP contribution < -0.4 is 0 Å². The average molecular weight is 257 g/mol. The Hall–Kier alpha value is -0.120. The summed E-state index contributed by atoms with van der Waals surface area (Å²) in [5, 5.41) is 9.90. The molecule has 108 valence electrons. The van der Waals surface area contributed by atoms with Gasteiger partial charge in [0.1, 0.15) is 0 Å². The minimum atomic E-state index is -0.315. The van der Waals surface area contributed by atoms with Crippen LogP contribution in [0.3, 0.4) is 0 Å². The monoisotopic (exact) mass is 257 g/mol. The first-order chi connectivity index (χ1) is 8.76. The third kappa shape index (κ3) is 6.72. The van der Waals surface area contributed by atoms with Gasteiger partial charge in [-0.2, -0.15) is 0 Å². The Morgan fingerprint density at radius 1 is 1.22 bits per heavy atom. The van der Waals surface area contributed by atoms with E-state index in [1.807, 2.05) is 0 Å². The van der Waals surface area contributed by atoms with Crippen molar-refractivity contribution in [1.82, 2.24) is 4.90 Å². The highest BCUT2D eigenvalue weighted by molar-refractivity contribution is 4.74. The fourth-order valence-corrected chi connectivity index (χ4v) is 2.68. The predicted molar refractivity (Wildman–Crippen MR) is 75.8 cm³/mol. The Bertz CT molecular complexity index is 191. The molecule has 0 aliphatic carbocycles. The third-order valence-electron chi connectivity index (χ3n) is 3.83. The van der Waals surface area contributed by atoms with Crippen molar-refractivity contribution in [2.75, 3.05) is 32.8 Å². The molecule has 0 aromatic rings. The van der Waals surface area contributed by atoms with E-state index in [1.54, 1.807) is 0 Å². The lowest BCUT2D eigenvalue weighted by Crippen LogP contribution is -2.40. The first kappa shape index (κ1) is 15.9. The summed E-state index contributed by atoms with van der Waals surface area (Å²) < 4.78 is 5.46. The molecule has 18 heavy (non-hydrogen) atoms. The lowest BCUT2D eigenvalue weighted by atomic mass is 9.92. The van der Waals surface area contributed by atoms with Gasteiger partial charge in [-0.05, 0) is 38.3 Å². The van der Waals surface area contributed by atoms with E-state index in [1.165, 1.54) is 25.7 Å². The molecule has 1 atom stereocenters. The number of nitrogens with zero attached hydrogens (tertiary/aromatic N) is 1. The molecule has 1 unspecified atom stereocenters. The smallest absolute Gasteiger partial charge is 0.0900 e. The van der Waals surface area contributed by atoms with Gasteiger partial charge < -0.3 is 14.7 Å². The van der Waals surface area contributed by atoms with Crippen LogP contribution in [0.5, 0.6) is 0 Å². The van der Waals surface area contributed by atoms with Gasteiger partial charge in [-0.25, -0.2) is 0 Å². The van der Waals surface area contributed by atoms with Crippen LogP contribution >= 0.6 is 0 Å². The molecule has 1 fully saturated rings. The van der Waals surface area contributed by atoms with Crippen LogP contribution in [-0.4, -0.2) is 49.0 Å². The summed E-state index contributed by atoms with van der Waals surface area (Å²) in [5.74, 6) is 0.921. The molecule has 1 aliphatic rings. The van der Waals surface area contributed by atoms with E-state index >= 15 is 0 Å². The van der Waals surface area contributed by atoms with Crippen molar-refractivity contribution in [3.05, 3.63) is 0 Å². The quantitative estimate of drug-likeness (QED) is 0.645. The van der Waals surface area contributed by atoms with E-state index in [-0.39, 0.29) is 6.10 Å². The van der Waals surface area contributed by atoms with E-state index in [4.69, 9.17) is 4.74 Å². The number of unbranched alkanes of at least 4 members (excludes halogenated alkanes) is 1. The van der Waals surface area contributed by atoms with Crippen molar-refractivity contribution in [3.8, 4) is 0 Å². The number of hydrogen-bond donors (Lipinski definition) is 1. The standard InChI is InChI=1S/C15H31NO2/c1-3-5-11-18-13-15(17)12-16-9-7-14(6-4-2)8-10-16/h14-15,17H,3-13H2,1-2H3. The van der Waals surface area contributed by atoms with E-state index in [2.05, 4.69) is 18.7 Å². The number of hydrogen-bond acceptors (Lipinski definition) is 3. The molecule has 1 heterocycles. The fourth-order valence-electron chi connectivity index (χ4n) is 2.68. The zero-order valence-electron chi connectivity index (χ0n) is 12.2. The second kappa shape index (κ2) is 9.76. The highest BCUT2D eigenvalue weighted by Gasteiger charge is 2.20. The molecular formula is C15H31NO2. The molecule has 3 nitrogen and oxygen atoms in total. The Kier molecular flexibility index (Phi) is 8.64. The molecular weight excluding hydrogens is 226 g/mol. The van der Waals surface area contributed by atoms with Crippen LogP contribution in [0.1, 0.15) is 52.4 Å². The van der Waals surface area contributed by atoms with Crippen LogP contribution in [0.2, 0.25) is 0 Å². The lowest BCUT2D eigenvalue weighted by molar-refractivity contribution is 0.00965. The molecule has 1 aliphatic heterocycles. The number of ether oxygens (including phenoxy) is 1. The largest absolute Gasteiger partial charge is 0.389 e. The SMILES string of the molecule is CCCCOCC(O)CN1CCC(CCC)CC1. The fraction of sp³-hybridized carbons (Fsp3) is 1.00. The molecule has 0 aromatic carbocycles. The van der Waals surface area contributed by atoms with E-state index in [0.29, 0.717) is 6.61 Å². The molecule has 0 bridgehead atoms. The molecule has 1 N–H and O–H groups in total. The van der Waals surface area contributed by atoms with Crippen molar-refractivity contribution in [3.63, 3.8) is 0 Å². The second-order valence-corrected chi connectivity index (χ2v) is 5.61. The number of aliphatic hydroxyl groups excluding tert-OH is 1. The highest BCUT2D eigenvalue weighted by Crippen LogP contribution is 2.21. The van der Waals surface area contributed by atoms with Crippen molar-refractivity contribution < 1.29 is 9.84 Å². The van der Waals surface area contributed by atoms with Crippen molar-refractivity contribution in [1.29, 1.82) is 0 Å². The number of β-amino-alcohol motifs (C(OH)–C–C–N with tert-alkyl or cyclic N) is 1. The van der Waals surface area contributed by atoms with Crippen molar-refractivity contribution >= 4 is 0 Å². The van der Waals surface area contributed by atoms with Crippen LogP contribution in [0.25, 0.3) is 0 Å². The Labute approximate surface area is 113 Å². The third-order valence-corrected chi connectivity index (χ3v) is 3.83. The number of aliphatic hydroxyl groups is 1. The normalized spacial score (nSPS) is 20.2. The van der Waals surface area contributed by atoms with E-state index in [0.717, 1.165) is 45.0 Å². The van der Waals surface area contributed by atoms with Gasteiger partial charge in [0.25, 0.3) is 0 Å². The van der Waals surface area contributed by atoms with E-state index < -0.39 is 0 Å². The topological polar surface area (TPSA) is 32.7 Å². The van der Waals surface area contributed by atoms with E-state index in [9.17, 15) is 5.11 Å². The molecule has 0 saturated carbocycles. The summed E-state index contributed by atoms with van der Waals surface area (Å²) in [5.41, 5.74) is 0. The molecule has 3 heteroatoms. The Morgan fingerprint density at radius 3 is 2.56 bits per heavy atom.